The number of ether oxygens (including phenoxy) is 1. The van der Waals surface area contributed by atoms with Gasteiger partial charge in [-0.05, 0) is 40.0 Å². The Hall–Kier alpha value is -2.65. The standard InChI is InChI=1S/C17H27N3O7/c1-11(21)19-12(15(24)27-20-13(22)8-9-14(20)23)7-5-6-10-18-16(25)26-17(2,3)4/h12H,5-10H2,1-4H3,(H,18,25)(H,19,21). The summed E-state index contributed by atoms with van der Waals surface area (Å²) in [5.74, 6) is -2.50. The number of carbonyl (C=O) groups is 5. The van der Waals surface area contributed by atoms with Gasteiger partial charge in [0.05, 0.1) is 0 Å². The second kappa shape index (κ2) is 9.89. The zero-order chi connectivity index (χ0) is 20.6. The third kappa shape index (κ3) is 8.52. The van der Waals surface area contributed by atoms with Crippen LogP contribution in [0.4, 0.5) is 4.79 Å². The van der Waals surface area contributed by atoms with Gasteiger partial charge in [0, 0.05) is 26.3 Å². The van der Waals surface area contributed by atoms with Crippen molar-refractivity contribution in [3.05, 3.63) is 0 Å². The fourth-order valence-corrected chi connectivity index (χ4v) is 2.28. The Balaban J connectivity index is 2.42. The van der Waals surface area contributed by atoms with Gasteiger partial charge in [-0.1, -0.05) is 0 Å². The first-order valence-corrected chi connectivity index (χ1v) is 8.81. The molecule has 1 aliphatic rings. The van der Waals surface area contributed by atoms with Gasteiger partial charge < -0.3 is 20.2 Å². The first-order chi connectivity index (χ1) is 12.5. The van der Waals surface area contributed by atoms with Gasteiger partial charge >= 0.3 is 12.1 Å². The summed E-state index contributed by atoms with van der Waals surface area (Å²) >= 11 is 0. The zero-order valence-corrected chi connectivity index (χ0v) is 16.1. The highest BCUT2D eigenvalue weighted by Gasteiger charge is 2.35. The lowest BCUT2D eigenvalue weighted by Crippen LogP contribution is -2.44. The highest BCUT2D eigenvalue weighted by molar-refractivity contribution is 6.01. The highest BCUT2D eigenvalue weighted by Crippen LogP contribution is 2.14. The summed E-state index contributed by atoms with van der Waals surface area (Å²) in [6.07, 6.45) is 0.693. The van der Waals surface area contributed by atoms with Crippen molar-refractivity contribution in [1.29, 1.82) is 0 Å². The molecule has 10 nitrogen and oxygen atoms in total. The van der Waals surface area contributed by atoms with Crippen LogP contribution in [0, 0.1) is 0 Å². The maximum absolute atomic E-state index is 12.2. The first-order valence-electron chi connectivity index (χ1n) is 8.81. The van der Waals surface area contributed by atoms with Crippen LogP contribution in [-0.2, 0) is 28.8 Å². The Labute approximate surface area is 157 Å². The molecule has 1 aliphatic heterocycles. The van der Waals surface area contributed by atoms with Gasteiger partial charge in [-0.25, -0.2) is 9.59 Å². The summed E-state index contributed by atoms with van der Waals surface area (Å²) in [4.78, 5) is 62.9. The molecule has 0 saturated carbocycles. The molecular weight excluding hydrogens is 358 g/mol. The van der Waals surface area contributed by atoms with Gasteiger partial charge in [-0.2, -0.15) is 0 Å². The summed E-state index contributed by atoms with van der Waals surface area (Å²) in [5.41, 5.74) is -0.589. The van der Waals surface area contributed by atoms with Crippen LogP contribution in [0.5, 0.6) is 0 Å². The Bertz CT molecular complexity index is 582. The Morgan fingerprint density at radius 1 is 1.11 bits per heavy atom. The van der Waals surface area contributed by atoms with Crippen molar-refractivity contribution in [1.82, 2.24) is 15.7 Å². The van der Waals surface area contributed by atoms with E-state index in [4.69, 9.17) is 9.57 Å². The van der Waals surface area contributed by atoms with Crippen molar-refractivity contribution in [2.45, 2.75) is 71.4 Å². The lowest BCUT2D eigenvalue weighted by Gasteiger charge is -2.20. The molecule has 0 aromatic rings. The minimum atomic E-state index is -0.995. The van der Waals surface area contributed by atoms with Crippen molar-refractivity contribution >= 4 is 29.8 Å². The molecule has 0 aromatic heterocycles. The SMILES string of the molecule is CC(=O)NC(CCCCNC(=O)OC(C)(C)C)C(=O)ON1C(=O)CCC1=O. The van der Waals surface area contributed by atoms with Crippen LogP contribution in [0.25, 0.3) is 0 Å². The molecule has 10 heteroatoms. The predicted octanol–water partition coefficient (Wildman–Crippen LogP) is 0.793. The van der Waals surface area contributed by atoms with Crippen molar-refractivity contribution in [3.63, 3.8) is 0 Å². The molecule has 0 spiro atoms. The highest BCUT2D eigenvalue weighted by atomic mass is 16.7. The number of alkyl carbamates (subject to hydrolysis) is 1. The number of hydrogen-bond donors (Lipinski definition) is 2. The molecular formula is C17H27N3O7. The van der Waals surface area contributed by atoms with Gasteiger partial charge in [-0.3, -0.25) is 14.4 Å². The maximum Gasteiger partial charge on any atom is 0.407 e. The molecule has 0 aliphatic carbocycles. The lowest BCUT2D eigenvalue weighted by atomic mass is 10.1. The quantitative estimate of drug-likeness (QED) is 0.466. The number of amides is 4. The molecule has 1 rings (SSSR count). The summed E-state index contributed by atoms with van der Waals surface area (Å²) in [7, 11) is 0. The Morgan fingerprint density at radius 3 is 2.22 bits per heavy atom. The molecule has 27 heavy (non-hydrogen) atoms. The monoisotopic (exact) mass is 385 g/mol. The third-order valence-electron chi connectivity index (χ3n) is 3.44. The minimum Gasteiger partial charge on any atom is -0.444 e. The average Bonchev–Trinajstić information content (AvgIpc) is 2.83. The molecule has 2 N–H and O–H groups in total. The normalized spacial score (nSPS) is 15.3. The van der Waals surface area contributed by atoms with E-state index in [0.717, 1.165) is 0 Å². The molecule has 1 unspecified atom stereocenters. The second-order valence-electron chi connectivity index (χ2n) is 7.17. The number of unbranched alkanes of at least 4 members (excludes halogenated alkanes) is 1. The van der Waals surface area contributed by atoms with E-state index in [0.29, 0.717) is 24.4 Å². The molecule has 1 atom stereocenters. The minimum absolute atomic E-state index is 0.00669. The van der Waals surface area contributed by atoms with E-state index < -0.39 is 41.4 Å². The molecule has 152 valence electrons. The third-order valence-corrected chi connectivity index (χ3v) is 3.44. The largest absolute Gasteiger partial charge is 0.444 e. The molecule has 1 fully saturated rings. The zero-order valence-electron chi connectivity index (χ0n) is 16.1. The van der Waals surface area contributed by atoms with E-state index in [1.807, 2.05) is 0 Å². The molecule has 0 aromatic carbocycles. The number of nitrogens with zero attached hydrogens (tertiary/aromatic N) is 1. The number of imide groups is 1. The summed E-state index contributed by atoms with van der Waals surface area (Å²) in [6.45, 7) is 6.85. The van der Waals surface area contributed by atoms with Crippen molar-refractivity contribution in [2.75, 3.05) is 6.54 Å². The number of nitrogens with one attached hydrogen (secondary N) is 2. The number of carbonyl (C=O) groups excluding carboxylic acids is 5. The van der Waals surface area contributed by atoms with Crippen LogP contribution in [0.1, 0.15) is 59.8 Å². The Morgan fingerprint density at radius 2 is 1.70 bits per heavy atom. The van der Waals surface area contributed by atoms with E-state index in [-0.39, 0.29) is 19.3 Å². The molecule has 1 heterocycles. The topological polar surface area (TPSA) is 131 Å². The number of hydrogen-bond acceptors (Lipinski definition) is 7. The fourth-order valence-electron chi connectivity index (χ4n) is 2.28. The van der Waals surface area contributed by atoms with E-state index >= 15 is 0 Å². The van der Waals surface area contributed by atoms with Gasteiger partial charge in [-0.15, -0.1) is 5.06 Å². The fraction of sp³-hybridized carbons (Fsp3) is 0.706. The summed E-state index contributed by atoms with van der Waals surface area (Å²) in [6, 6.07) is -0.995. The molecule has 0 bridgehead atoms. The number of rotatable bonds is 8. The van der Waals surface area contributed by atoms with Gasteiger partial charge in [0.2, 0.25) is 5.91 Å². The van der Waals surface area contributed by atoms with Crippen LogP contribution in [0.3, 0.4) is 0 Å². The smallest absolute Gasteiger partial charge is 0.407 e. The second-order valence-corrected chi connectivity index (χ2v) is 7.17. The van der Waals surface area contributed by atoms with Crippen LogP contribution < -0.4 is 10.6 Å². The van der Waals surface area contributed by atoms with Crippen LogP contribution in [-0.4, -0.2) is 53.0 Å². The Kier molecular flexibility index (Phi) is 8.20. The molecule has 4 amide bonds. The first kappa shape index (κ1) is 22.4. The van der Waals surface area contributed by atoms with E-state index in [2.05, 4.69) is 10.6 Å². The van der Waals surface area contributed by atoms with E-state index in [9.17, 15) is 24.0 Å². The average molecular weight is 385 g/mol. The van der Waals surface area contributed by atoms with Gasteiger partial charge in [0.15, 0.2) is 0 Å². The van der Waals surface area contributed by atoms with E-state index in [1.165, 1.54) is 6.92 Å². The molecule has 1 saturated heterocycles. The van der Waals surface area contributed by atoms with Gasteiger partial charge in [0.25, 0.3) is 11.8 Å². The van der Waals surface area contributed by atoms with Crippen molar-refractivity contribution in [3.8, 4) is 0 Å². The summed E-state index contributed by atoms with van der Waals surface area (Å²) in [5, 5.41) is 5.48. The van der Waals surface area contributed by atoms with Gasteiger partial charge in [0.1, 0.15) is 11.6 Å². The van der Waals surface area contributed by atoms with E-state index in [1.54, 1.807) is 20.8 Å². The van der Waals surface area contributed by atoms with Crippen molar-refractivity contribution < 1.29 is 33.5 Å². The molecule has 0 radical (unpaired) electrons. The number of hydroxylamine groups is 2. The summed E-state index contributed by atoms with van der Waals surface area (Å²) < 4.78 is 5.10. The van der Waals surface area contributed by atoms with Crippen LogP contribution in [0.15, 0.2) is 0 Å². The van der Waals surface area contributed by atoms with Crippen LogP contribution >= 0.6 is 0 Å². The van der Waals surface area contributed by atoms with Crippen LogP contribution in [0.2, 0.25) is 0 Å². The van der Waals surface area contributed by atoms with Crippen molar-refractivity contribution in [2.24, 2.45) is 0 Å². The lowest BCUT2D eigenvalue weighted by molar-refractivity contribution is -0.199. The predicted molar refractivity (Wildman–Crippen MR) is 92.9 cm³/mol. The maximum atomic E-state index is 12.2.